The molecule has 0 spiro atoms. The molecule has 2 aromatic rings. The van der Waals surface area contributed by atoms with Gasteiger partial charge in [-0.1, -0.05) is 33.8 Å². The van der Waals surface area contributed by atoms with Crippen LogP contribution in [0.3, 0.4) is 0 Å². The molecule has 27 heavy (non-hydrogen) atoms. The Morgan fingerprint density at radius 3 is 2.37 bits per heavy atom. The van der Waals surface area contributed by atoms with Crippen molar-refractivity contribution in [3.05, 3.63) is 51.9 Å². The van der Waals surface area contributed by atoms with Crippen LogP contribution in [-0.4, -0.2) is 12.6 Å². The topological polar surface area (TPSA) is 26.3 Å². The van der Waals surface area contributed by atoms with E-state index < -0.39 is 0 Å². The molecule has 144 valence electrons. The average Bonchev–Trinajstić information content (AvgIpc) is 3.06. The summed E-state index contributed by atoms with van der Waals surface area (Å²) in [5, 5.41) is 0. The van der Waals surface area contributed by atoms with E-state index in [0.29, 0.717) is 6.61 Å². The summed E-state index contributed by atoms with van der Waals surface area (Å²) in [7, 11) is 0. The van der Waals surface area contributed by atoms with Gasteiger partial charge >= 0.3 is 5.97 Å². The number of fused-ring (bicyclic) bond motifs is 1. The summed E-state index contributed by atoms with van der Waals surface area (Å²) in [5.41, 5.74) is 6.05. The predicted molar refractivity (Wildman–Crippen MR) is 115 cm³/mol. The molecule has 0 N–H and O–H groups in total. The van der Waals surface area contributed by atoms with Crippen LogP contribution in [0, 0.1) is 6.92 Å². The highest BCUT2D eigenvalue weighted by molar-refractivity contribution is 7.16. The average molecular weight is 383 g/mol. The third kappa shape index (κ3) is 4.03. The lowest BCUT2D eigenvalue weighted by atomic mass is 9.62. The Hall–Kier alpha value is -1.87. The second kappa shape index (κ2) is 7.27. The molecule has 0 saturated heterocycles. The van der Waals surface area contributed by atoms with Crippen molar-refractivity contribution < 1.29 is 9.53 Å². The van der Waals surface area contributed by atoms with Crippen LogP contribution >= 0.6 is 11.3 Å². The summed E-state index contributed by atoms with van der Waals surface area (Å²) in [6.45, 7) is 13.9. The first kappa shape index (κ1) is 19.9. The van der Waals surface area contributed by atoms with Crippen molar-refractivity contribution in [2.75, 3.05) is 6.61 Å². The lowest BCUT2D eigenvalue weighted by molar-refractivity contribution is -0.137. The maximum atomic E-state index is 11.5. The zero-order valence-corrected chi connectivity index (χ0v) is 18.1. The number of thiophene rings is 1. The van der Waals surface area contributed by atoms with Crippen LogP contribution in [0.15, 0.2) is 30.3 Å². The number of hydrogen-bond donors (Lipinski definition) is 0. The van der Waals surface area contributed by atoms with Crippen molar-refractivity contribution in [3.63, 3.8) is 0 Å². The van der Waals surface area contributed by atoms with Gasteiger partial charge in [0.15, 0.2) is 0 Å². The SMILES string of the molecule is CCOC(=O)/C=C/c1ccc(-c2cc3c(cc2C)C(C)(C)CCC3(C)C)s1. The zero-order valence-electron chi connectivity index (χ0n) is 17.3. The Morgan fingerprint density at radius 1 is 1.11 bits per heavy atom. The van der Waals surface area contributed by atoms with Gasteiger partial charge in [-0.25, -0.2) is 4.79 Å². The lowest BCUT2D eigenvalue weighted by Gasteiger charge is -2.42. The summed E-state index contributed by atoms with van der Waals surface area (Å²) >= 11 is 1.72. The summed E-state index contributed by atoms with van der Waals surface area (Å²) < 4.78 is 4.96. The van der Waals surface area contributed by atoms with Gasteiger partial charge in [0.25, 0.3) is 0 Å². The van der Waals surface area contributed by atoms with Crippen molar-refractivity contribution in [1.29, 1.82) is 0 Å². The van der Waals surface area contributed by atoms with Crippen LogP contribution < -0.4 is 0 Å². The minimum Gasteiger partial charge on any atom is -0.463 e. The second-order valence-electron chi connectivity index (χ2n) is 8.77. The molecule has 0 aliphatic heterocycles. The van der Waals surface area contributed by atoms with E-state index in [1.165, 1.54) is 46.0 Å². The van der Waals surface area contributed by atoms with Gasteiger partial charge in [0.2, 0.25) is 0 Å². The Labute approximate surface area is 167 Å². The Morgan fingerprint density at radius 2 is 1.74 bits per heavy atom. The van der Waals surface area contributed by atoms with Crippen LogP contribution in [-0.2, 0) is 20.4 Å². The molecule has 1 aromatic heterocycles. The van der Waals surface area contributed by atoms with Gasteiger partial charge in [-0.3, -0.25) is 0 Å². The molecule has 0 fully saturated rings. The molecule has 1 heterocycles. The molecular weight excluding hydrogens is 352 g/mol. The highest BCUT2D eigenvalue weighted by Crippen LogP contribution is 2.48. The minimum atomic E-state index is -0.290. The van der Waals surface area contributed by atoms with Crippen LogP contribution in [0.4, 0.5) is 0 Å². The third-order valence-electron chi connectivity index (χ3n) is 5.76. The molecule has 3 rings (SSSR count). The Balaban J connectivity index is 1.98. The number of aryl methyl sites for hydroxylation is 1. The smallest absolute Gasteiger partial charge is 0.330 e. The number of rotatable bonds is 4. The highest BCUT2D eigenvalue weighted by atomic mass is 32.1. The monoisotopic (exact) mass is 382 g/mol. The van der Waals surface area contributed by atoms with E-state index in [1.807, 2.05) is 13.0 Å². The van der Waals surface area contributed by atoms with Gasteiger partial charge in [-0.15, -0.1) is 11.3 Å². The fourth-order valence-corrected chi connectivity index (χ4v) is 4.91. The van der Waals surface area contributed by atoms with E-state index in [0.717, 1.165) is 4.88 Å². The quantitative estimate of drug-likeness (QED) is 0.437. The molecule has 0 bridgehead atoms. The van der Waals surface area contributed by atoms with Gasteiger partial charge in [-0.05, 0) is 84.0 Å². The normalized spacial score (nSPS) is 17.7. The van der Waals surface area contributed by atoms with Crippen molar-refractivity contribution >= 4 is 23.4 Å². The second-order valence-corrected chi connectivity index (χ2v) is 9.88. The number of benzene rings is 1. The van der Waals surface area contributed by atoms with E-state index in [-0.39, 0.29) is 16.8 Å². The number of ether oxygens (including phenoxy) is 1. The van der Waals surface area contributed by atoms with Crippen molar-refractivity contribution in [1.82, 2.24) is 0 Å². The first-order chi connectivity index (χ1) is 12.6. The molecule has 1 aromatic carbocycles. The number of carbonyl (C=O) groups excluding carboxylic acids is 1. The van der Waals surface area contributed by atoms with E-state index in [4.69, 9.17) is 4.74 Å². The summed E-state index contributed by atoms with van der Waals surface area (Å²) in [5.74, 6) is -0.290. The van der Waals surface area contributed by atoms with Crippen LogP contribution in [0.2, 0.25) is 0 Å². The highest BCUT2D eigenvalue weighted by Gasteiger charge is 2.37. The van der Waals surface area contributed by atoms with E-state index >= 15 is 0 Å². The zero-order chi connectivity index (χ0) is 19.8. The predicted octanol–water partition coefficient (Wildman–Crippen LogP) is 6.65. The maximum Gasteiger partial charge on any atom is 0.330 e. The summed E-state index contributed by atoms with van der Waals surface area (Å²) in [6.07, 6.45) is 5.79. The molecule has 0 radical (unpaired) electrons. The summed E-state index contributed by atoms with van der Waals surface area (Å²) in [6, 6.07) is 9.05. The van der Waals surface area contributed by atoms with E-state index in [2.05, 4.69) is 58.9 Å². The standard InChI is InChI=1S/C24H30O2S/c1-7-26-22(25)11-9-17-8-10-21(27-17)18-15-20-19(14-16(18)2)23(3,4)12-13-24(20,5)6/h8-11,14-15H,7,12-13H2,1-6H3/b11-9+. The molecule has 2 nitrogen and oxygen atoms in total. The first-order valence-corrected chi connectivity index (χ1v) is 10.6. The van der Waals surface area contributed by atoms with Crippen LogP contribution in [0.1, 0.15) is 69.0 Å². The molecule has 0 amide bonds. The molecule has 1 aliphatic rings. The molecule has 3 heteroatoms. The number of carbonyl (C=O) groups is 1. The van der Waals surface area contributed by atoms with Gasteiger partial charge in [-0.2, -0.15) is 0 Å². The molecular formula is C24H30O2S. The fourth-order valence-electron chi connectivity index (χ4n) is 3.92. The van der Waals surface area contributed by atoms with Gasteiger partial charge in [0.1, 0.15) is 0 Å². The number of hydrogen-bond acceptors (Lipinski definition) is 3. The van der Waals surface area contributed by atoms with Gasteiger partial charge in [0, 0.05) is 15.8 Å². The lowest BCUT2D eigenvalue weighted by Crippen LogP contribution is -2.34. The first-order valence-electron chi connectivity index (χ1n) is 9.75. The fraction of sp³-hybridized carbons (Fsp3) is 0.458. The van der Waals surface area contributed by atoms with Crippen molar-refractivity contribution in [3.8, 4) is 10.4 Å². The molecule has 1 aliphatic carbocycles. The maximum absolute atomic E-state index is 11.5. The van der Waals surface area contributed by atoms with E-state index in [9.17, 15) is 4.79 Å². The van der Waals surface area contributed by atoms with Gasteiger partial charge in [0.05, 0.1) is 6.61 Å². The van der Waals surface area contributed by atoms with Crippen molar-refractivity contribution in [2.24, 2.45) is 0 Å². The van der Waals surface area contributed by atoms with Crippen LogP contribution in [0.25, 0.3) is 16.5 Å². The molecule has 0 saturated carbocycles. The Bertz CT molecular complexity index is 884. The molecule has 0 unspecified atom stereocenters. The largest absolute Gasteiger partial charge is 0.463 e. The Kier molecular flexibility index (Phi) is 5.36. The third-order valence-corrected chi connectivity index (χ3v) is 6.84. The van der Waals surface area contributed by atoms with Gasteiger partial charge < -0.3 is 4.74 Å². The number of esters is 1. The minimum absolute atomic E-state index is 0.206. The molecule has 0 atom stereocenters. The van der Waals surface area contributed by atoms with E-state index in [1.54, 1.807) is 11.3 Å². The van der Waals surface area contributed by atoms with Crippen molar-refractivity contribution in [2.45, 2.75) is 65.2 Å². The summed E-state index contributed by atoms with van der Waals surface area (Å²) in [4.78, 5) is 13.8. The van der Waals surface area contributed by atoms with Crippen LogP contribution in [0.5, 0.6) is 0 Å².